The van der Waals surface area contributed by atoms with Crippen molar-refractivity contribution in [3.05, 3.63) is 48.2 Å². The molecule has 2 aromatic rings. The lowest BCUT2D eigenvalue weighted by atomic mass is 10.0. The van der Waals surface area contributed by atoms with Crippen molar-refractivity contribution in [2.24, 2.45) is 0 Å². The molecule has 4 heteroatoms. The topological polar surface area (TPSA) is 55.1 Å². The number of methoxy groups -OCH3 is 2. The molecule has 0 atom stereocenters. The van der Waals surface area contributed by atoms with Gasteiger partial charge in [-0.1, -0.05) is 6.07 Å². The van der Waals surface area contributed by atoms with Gasteiger partial charge < -0.3 is 9.47 Å². The lowest BCUT2D eigenvalue weighted by Gasteiger charge is -2.10. The Bertz CT molecular complexity index is 672. The van der Waals surface area contributed by atoms with E-state index in [2.05, 4.69) is 4.98 Å². The van der Waals surface area contributed by atoms with Crippen molar-refractivity contribution in [3.63, 3.8) is 0 Å². The number of hydrogen-bond donors (Lipinski definition) is 0. The van der Waals surface area contributed by atoms with Crippen LogP contribution in [0.2, 0.25) is 0 Å². The Hall–Kier alpha value is -2.80. The molecule has 0 aliphatic rings. The molecule has 0 aliphatic carbocycles. The maximum atomic E-state index is 8.65. The number of ether oxygens (including phenoxy) is 2. The van der Waals surface area contributed by atoms with E-state index < -0.39 is 0 Å². The fourth-order valence-electron chi connectivity index (χ4n) is 1.90. The Morgan fingerprint density at radius 2 is 1.95 bits per heavy atom. The highest BCUT2D eigenvalue weighted by molar-refractivity contribution is 5.74. The minimum absolute atomic E-state index is 0.644. The van der Waals surface area contributed by atoms with E-state index in [1.165, 1.54) is 6.08 Å². The van der Waals surface area contributed by atoms with Crippen molar-refractivity contribution in [2.75, 3.05) is 14.2 Å². The Kier molecular flexibility index (Phi) is 4.35. The van der Waals surface area contributed by atoms with E-state index in [9.17, 15) is 0 Å². The molecule has 1 aromatic carbocycles. The lowest BCUT2D eigenvalue weighted by Crippen LogP contribution is -1.93. The molecule has 0 saturated carbocycles. The third kappa shape index (κ3) is 2.78. The largest absolute Gasteiger partial charge is 0.493 e. The van der Waals surface area contributed by atoms with Gasteiger partial charge in [-0.3, -0.25) is 4.98 Å². The zero-order valence-corrected chi connectivity index (χ0v) is 11.3. The van der Waals surface area contributed by atoms with Crippen molar-refractivity contribution >= 4 is 6.08 Å². The maximum Gasteiger partial charge on any atom is 0.161 e. The lowest BCUT2D eigenvalue weighted by molar-refractivity contribution is 0.355. The Morgan fingerprint density at radius 1 is 1.15 bits per heavy atom. The predicted molar refractivity (Wildman–Crippen MR) is 77.4 cm³/mol. The normalized spacial score (nSPS) is 10.2. The van der Waals surface area contributed by atoms with Crippen molar-refractivity contribution in [2.45, 2.75) is 0 Å². The first-order chi connectivity index (χ1) is 9.80. The van der Waals surface area contributed by atoms with Crippen molar-refractivity contribution < 1.29 is 9.47 Å². The van der Waals surface area contributed by atoms with Crippen molar-refractivity contribution in [3.8, 4) is 28.8 Å². The zero-order valence-electron chi connectivity index (χ0n) is 11.3. The highest BCUT2D eigenvalue weighted by atomic mass is 16.5. The van der Waals surface area contributed by atoms with Gasteiger partial charge in [0.25, 0.3) is 0 Å². The van der Waals surface area contributed by atoms with Gasteiger partial charge >= 0.3 is 0 Å². The highest BCUT2D eigenvalue weighted by Gasteiger charge is 2.09. The van der Waals surface area contributed by atoms with Crippen LogP contribution in [0.15, 0.2) is 42.6 Å². The van der Waals surface area contributed by atoms with Gasteiger partial charge in [-0.25, -0.2) is 0 Å². The molecule has 0 spiro atoms. The number of rotatable bonds is 4. The molecule has 20 heavy (non-hydrogen) atoms. The van der Waals surface area contributed by atoms with E-state index in [0.717, 1.165) is 16.8 Å². The first kappa shape index (κ1) is 13.6. The van der Waals surface area contributed by atoms with E-state index in [4.69, 9.17) is 14.7 Å². The average molecular weight is 266 g/mol. The molecule has 0 bridgehead atoms. The first-order valence-electron chi connectivity index (χ1n) is 6.03. The number of allylic oxidation sites excluding steroid dienone is 1. The number of nitriles is 1. The third-order valence-electron chi connectivity index (χ3n) is 2.83. The summed E-state index contributed by atoms with van der Waals surface area (Å²) in [7, 11) is 3.19. The molecular formula is C16H14N2O2. The van der Waals surface area contributed by atoms with Gasteiger partial charge in [-0.05, 0) is 30.3 Å². The minimum atomic E-state index is 0.644. The van der Waals surface area contributed by atoms with Crippen LogP contribution in [0, 0.1) is 11.3 Å². The summed E-state index contributed by atoms with van der Waals surface area (Å²) in [5, 5.41) is 8.65. The van der Waals surface area contributed by atoms with E-state index in [1.54, 1.807) is 26.5 Å². The molecule has 2 rings (SSSR count). The summed E-state index contributed by atoms with van der Waals surface area (Å²) in [6.45, 7) is 0. The Labute approximate surface area is 117 Å². The second-order valence-electron chi connectivity index (χ2n) is 3.97. The van der Waals surface area contributed by atoms with E-state index >= 15 is 0 Å². The minimum Gasteiger partial charge on any atom is -0.493 e. The smallest absolute Gasteiger partial charge is 0.161 e. The van der Waals surface area contributed by atoms with Crippen LogP contribution >= 0.6 is 0 Å². The summed E-state index contributed by atoms with van der Waals surface area (Å²) in [6, 6.07) is 11.3. The highest BCUT2D eigenvalue weighted by Crippen LogP contribution is 2.32. The van der Waals surface area contributed by atoms with Gasteiger partial charge in [0.15, 0.2) is 11.5 Å². The molecule has 100 valence electrons. The number of benzene rings is 1. The number of nitrogens with zero attached hydrogens (tertiary/aromatic N) is 2. The summed E-state index contributed by atoms with van der Waals surface area (Å²) >= 11 is 0. The Morgan fingerprint density at radius 3 is 2.65 bits per heavy atom. The third-order valence-corrected chi connectivity index (χ3v) is 2.83. The van der Waals surface area contributed by atoms with Crippen molar-refractivity contribution in [1.29, 1.82) is 5.26 Å². The fraction of sp³-hybridized carbons (Fsp3) is 0.125. The maximum absolute atomic E-state index is 8.65. The van der Waals surface area contributed by atoms with Gasteiger partial charge in [-0.2, -0.15) is 5.26 Å². The summed E-state index contributed by atoms with van der Waals surface area (Å²) < 4.78 is 10.5. The summed E-state index contributed by atoms with van der Waals surface area (Å²) in [5.74, 6) is 1.31. The van der Waals surface area contributed by atoms with Crippen LogP contribution in [-0.2, 0) is 0 Å². The molecule has 0 N–H and O–H groups in total. The standard InChI is InChI=1S/C16H14N2O2/c1-19-14-8-7-13(11-15(14)20-2)16-12(5-3-9-17)6-4-10-18-16/h3-8,10-11H,1-2H3. The number of aromatic nitrogens is 1. The second kappa shape index (κ2) is 6.39. The molecule has 0 unspecified atom stereocenters. The van der Waals surface area contributed by atoms with E-state index in [-0.39, 0.29) is 0 Å². The van der Waals surface area contributed by atoms with Gasteiger partial charge in [0.05, 0.1) is 26.0 Å². The van der Waals surface area contributed by atoms with Gasteiger partial charge in [0.2, 0.25) is 0 Å². The molecule has 1 heterocycles. The summed E-state index contributed by atoms with van der Waals surface area (Å²) in [5.41, 5.74) is 2.57. The molecule has 0 radical (unpaired) electrons. The average Bonchev–Trinajstić information content (AvgIpc) is 2.52. The molecule has 4 nitrogen and oxygen atoms in total. The van der Waals surface area contributed by atoms with Crippen LogP contribution in [0.4, 0.5) is 0 Å². The van der Waals surface area contributed by atoms with Gasteiger partial charge in [0.1, 0.15) is 0 Å². The Balaban J connectivity index is 2.52. The summed E-state index contributed by atoms with van der Waals surface area (Å²) in [4.78, 5) is 4.38. The second-order valence-corrected chi connectivity index (χ2v) is 3.97. The van der Waals surface area contributed by atoms with Crippen LogP contribution in [0.1, 0.15) is 5.56 Å². The van der Waals surface area contributed by atoms with Crippen LogP contribution in [0.5, 0.6) is 11.5 Å². The monoisotopic (exact) mass is 266 g/mol. The zero-order chi connectivity index (χ0) is 14.4. The van der Waals surface area contributed by atoms with E-state index in [1.807, 2.05) is 36.4 Å². The van der Waals surface area contributed by atoms with Crippen LogP contribution in [0.25, 0.3) is 17.3 Å². The molecule has 0 aliphatic heterocycles. The quantitative estimate of drug-likeness (QED) is 0.797. The fourth-order valence-corrected chi connectivity index (χ4v) is 1.90. The molecule has 1 aromatic heterocycles. The van der Waals surface area contributed by atoms with Crippen molar-refractivity contribution in [1.82, 2.24) is 4.98 Å². The summed E-state index contributed by atoms with van der Waals surface area (Å²) in [6.07, 6.45) is 4.88. The number of pyridine rings is 1. The molecule has 0 fully saturated rings. The van der Waals surface area contributed by atoms with Gasteiger partial charge in [0, 0.05) is 23.4 Å². The number of hydrogen-bond acceptors (Lipinski definition) is 4. The molecule has 0 amide bonds. The molecule has 0 saturated heterocycles. The van der Waals surface area contributed by atoms with Crippen LogP contribution in [-0.4, -0.2) is 19.2 Å². The first-order valence-corrected chi connectivity index (χ1v) is 6.03. The van der Waals surface area contributed by atoms with Crippen LogP contribution < -0.4 is 9.47 Å². The predicted octanol–water partition coefficient (Wildman–Crippen LogP) is 3.30. The van der Waals surface area contributed by atoms with Crippen LogP contribution in [0.3, 0.4) is 0 Å². The molecular weight excluding hydrogens is 252 g/mol. The van der Waals surface area contributed by atoms with Gasteiger partial charge in [-0.15, -0.1) is 0 Å². The SMILES string of the molecule is COc1ccc(-c2ncccc2C=CC#N)cc1OC. The van der Waals surface area contributed by atoms with E-state index in [0.29, 0.717) is 11.5 Å².